The van der Waals surface area contributed by atoms with Crippen molar-refractivity contribution >= 4 is 21.4 Å². The fourth-order valence-corrected chi connectivity index (χ4v) is 3.45. The van der Waals surface area contributed by atoms with Crippen molar-refractivity contribution in [3.8, 4) is 5.75 Å². The zero-order chi connectivity index (χ0) is 22.7. The van der Waals surface area contributed by atoms with Crippen LogP contribution in [0.2, 0.25) is 0 Å². The minimum absolute atomic E-state index is 0.135. The van der Waals surface area contributed by atoms with E-state index in [1.165, 1.54) is 0 Å². The number of amides is 1. The number of aliphatic hydroxyl groups excluding tert-OH is 1. The number of ether oxygens (including phenoxy) is 1. The van der Waals surface area contributed by atoms with Crippen LogP contribution >= 0.6 is 0 Å². The van der Waals surface area contributed by atoms with Crippen LogP contribution < -0.4 is 15.8 Å². The molecule has 0 aliphatic rings. The molecule has 4 N–H and O–H groups in total. The van der Waals surface area contributed by atoms with Gasteiger partial charge in [0.25, 0.3) is 5.91 Å². The first-order valence-corrected chi connectivity index (χ1v) is 9.99. The van der Waals surface area contributed by atoms with Crippen molar-refractivity contribution in [2.45, 2.75) is 30.0 Å². The van der Waals surface area contributed by atoms with Crippen molar-refractivity contribution in [1.29, 1.82) is 0 Å². The largest absolute Gasteiger partial charge is 0.573 e. The summed E-state index contributed by atoms with van der Waals surface area (Å²) in [4.78, 5) is 15.4. The first kappa shape index (κ1) is 23.4. The number of carbonyl (C=O) groups is 1. The summed E-state index contributed by atoms with van der Waals surface area (Å²) in [7, 11) is -4.15. The monoisotopic (exact) mass is 447 g/mol. The van der Waals surface area contributed by atoms with Gasteiger partial charge in [-0.2, -0.15) is 0 Å². The average molecular weight is 447 g/mol. The van der Waals surface area contributed by atoms with Crippen molar-refractivity contribution in [2.75, 3.05) is 18.9 Å². The minimum Gasteiger partial charge on any atom is -0.406 e. The molecule has 0 unspecified atom stereocenters. The SMILES string of the molecule is CC(C)(CO)CNC(=O)c1ncc(S(=O)(=O)c2ccc(OC(F)(F)F)cc2)cc1N. The Kier molecular flexibility index (Phi) is 6.62. The highest BCUT2D eigenvalue weighted by atomic mass is 32.2. The van der Waals surface area contributed by atoms with Crippen LogP contribution in [0.1, 0.15) is 24.3 Å². The van der Waals surface area contributed by atoms with Gasteiger partial charge in [-0.25, -0.2) is 13.4 Å². The van der Waals surface area contributed by atoms with Gasteiger partial charge in [-0.15, -0.1) is 13.2 Å². The number of nitrogens with one attached hydrogen (secondary N) is 1. The van der Waals surface area contributed by atoms with Crippen LogP contribution in [-0.2, 0) is 9.84 Å². The number of alkyl halides is 3. The number of hydrogen-bond acceptors (Lipinski definition) is 7. The number of pyridine rings is 1. The van der Waals surface area contributed by atoms with Gasteiger partial charge in [0, 0.05) is 24.8 Å². The van der Waals surface area contributed by atoms with Crippen LogP contribution in [0.4, 0.5) is 18.9 Å². The topological polar surface area (TPSA) is 132 Å². The summed E-state index contributed by atoms with van der Waals surface area (Å²) >= 11 is 0. The van der Waals surface area contributed by atoms with E-state index in [9.17, 15) is 31.5 Å². The number of aliphatic hydroxyl groups is 1. The molecule has 12 heteroatoms. The maximum atomic E-state index is 12.7. The molecule has 1 heterocycles. The summed E-state index contributed by atoms with van der Waals surface area (Å²) in [5.74, 6) is -1.22. The van der Waals surface area contributed by atoms with Crippen LogP contribution in [0.15, 0.2) is 46.3 Å². The minimum atomic E-state index is -4.90. The molecule has 0 saturated carbocycles. The Hall–Kier alpha value is -2.86. The molecule has 164 valence electrons. The van der Waals surface area contributed by atoms with Gasteiger partial charge in [-0.05, 0) is 30.3 Å². The molecule has 2 rings (SSSR count). The van der Waals surface area contributed by atoms with E-state index in [4.69, 9.17) is 5.73 Å². The Balaban J connectivity index is 2.23. The van der Waals surface area contributed by atoms with E-state index >= 15 is 0 Å². The molecular weight excluding hydrogens is 427 g/mol. The van der Waals surface area contributed by atoms with E-state index in [0.29, 0.717) is 0 Å². The lowest BCUT2D eigenvalue weighted by atomic mass is 9.95. The van der Waals surface area contributed by atoms with Gasteiger partial charge in [0.1, 0.15) is 5.75 Å². The second-order valence-electron chi connectivity index (χ2n) is 7.14. The number of nitrogen functional groups attached to an aromatic ring is 1. The molecule has 1 aromatic carbocycles. The third-order valence-electron chi connectivity index (χ3n) is 3.94. The Morgan fingerprint density at radius 1 is 1.20 bits per heavy atom. The van der Waals surface area contributed by atoms with Gasteiger partial charge in [-0.1, -0.05) is 13.8 Å². The number of carbonyl (C=O) groups excluding carboxylic acids is 1. The summed E-state index contributed by atoms with van der Waals surface area (Å²) < 4.78 is 65.7. The molecule has 0 fully saturated rings. The number of benzene rings is 1. The van der Waals surface area contributed by atoms with Crippen molar-refractivity contribution < 1.29 is 36.2 Å². The number of nitrogens with zero attached hydrogens (tertiary/aromatic N) is 1. The van der Waals surface area contributed by atoms with E-state index in [1.54, 1.807) is 13.8 Å². The first-order chi connectivity index (χ1) is 13.7. The van der Waals surface area contributed by atoms with Gasteiger partial charge >= 0.3 is 6.36 Å². The molecule has 0 aliphatic heterocycles. The van der Waals surface area contributed by atoms with E-state index in [2.05, 4.69) is 15.0 Å². The maximum absolute atomic E-state index is 12.7. The maximum Gasteiger partial charge on any atom is 0.573 e. The number of aromatic nitrogens is 1. The van der Waals surface area contributed by atoms with Gasteiger partial charge in [-0.3, -0.25) is 4.79 Å². The molecule has 1 aromatic heterocycles. The van der Waals surface area contributed by atoms with Gasteiger partial charge < -0.3 is 20.9 Å². The fraction of sp³-hybridized carbons (Fsp3) is 0.333. The Bertz CT molecular complexity index is 1020. The van der Waals surface area contributed by atoms with E-state index in [-0.39, 0.29) is 34.3 Å². The van der Waals surface area contributed by atoms with E-state index < -0.39 is 33.3 Å². The predicted molar refractivity (Wildman–Crippen MR) is 100 cm³/mol. The highest BCUT2D eigenvalue weighted by Gasteiger charge is 2.31. The molecule has 2 aromatic rings. The predicted octanol–water partition coefficient (Wildman–Crippen LogP) is 2.14. The lowest BCUT2D eigenvalue weighted by molar-refractivity contribution is -0.274. The Morgan fingerprint density at radius 2 is 1.80 bits per heavy atom. The van der Waals surface area contributed by atoms with Crippen LogP contribution in [-0.4, -0.2) is 43.9 Å². The molecule has 0 atom stereocenters. The number of anilines is 1. The Labute approximate surface area is 170 Å². The Morgan fingerprint density at radius 3 is 2.30 bits per heavy atom. The molecular formula is C18H20F3N3O5S. The second kappa shape index (κ2) is 8.48. The smallest absolute Gasteiger partial charge is 0.406 e. The second-order valence-corrected chi connectivity index (χ2v) is 9.09. The highest BCUT2D eigenvalue weighted by Crippen LogP contribution is 2.27. The molecule has 0 saturated heterocycles. The summed E-state index contributed by atoms with van der Waals surface area (Å²) in [5, 5.41) is 11.8. The lowest BCUT2D eigenvalue weighted by Gasteiger charge is -2.21. The van der Waals surface area contributed by atoms with Crippen molar-refractivity contribution in [3.05, 3.63) is 42.2 Å². The van der Waals surface area contributed by atoms with E-state index in [1.807, 2.05) is 0 Å². The van der Waals surface area contributed by atoms with Crippen LogP contribution in [0.25, 0.3) is 0 Å². The number of halogens is 3. The number of sulfone groups is 1. The number of rotatable bonds is 7. The van der Waals surface area contributed by atoms with Crippen LogP contribution in [0, 0.1) is 5.41 Å². The van der Waals surface area contributed by atoms with Crippen LogP contribution in [0.3, 0.4) is 0 Å². The summed E-state index contributed by atoms with van der Waals surface area (Å²) in [6.45, 7) is 3.42. The lowest BCUT2D eigenvalue weighted by Crippen LogP contribution is -2.36. The summed E-state index contributed by atoms with van der Waals surface area (Å²) in [6.07, 6.45) is -3.97. The third-order valence-corrected chi connectivity index (χ3v) is 5.68. The summed E-state index contributed by atoms with van der Waals surface area (Å²) in [5.41, 5.74) is 4.81. The fourth-order valence-electron chi connectivity index (χ4n) is 2.21. The molecule has 0 aliphatic carbocycles. The highest BCUT2D eigenvalue weighted by molar-refractivity contribution is 7.91. The molecule has 30 heavy (non-hydrogen) atoms. The van der Waals surface area contributed by atoms with Crippen molar-refractivity contribution in [1.82, 2.24) is 10.3 Å². The average Bonchev–Trinajstić information content (AvgIpc) is 2.65. The van der Waals surface area contributed by atoms with E-state index in [0.717, 1.165) is 36.5 Å². The molecule has 1 amide bonds. The molecule has 0 bridgehead atoms. The number of hydrogen-bond donors (Lipinski definition) is 3. The zero-order valence-electron chi connectivity index (χ0n) is 16.0. The molecule has 0 spiro atoms. The van der Waals surface area contributed by atoms with Gasteiger partial charge in [0.2, 0.25) is 9.84 Å². The van der Waals surface area contributed by atoms with Gasteiger partial charge in [0.05, 0.1) is 15.5 Å². The first-order valence-electron chi connectivity index (χ1n) is 8.51. The quantitative estimate of drug-likeness (QED) is 0.593. The normalized spacial score (nSPS) is 12.5. The van der Waals surface area contributed by atoms with Crippen LogP contribution in [0.5, 0.6) is 5.75 Å². The molecule has 8 nitrogen and oxygen atoms in total. The summed E-state index contributed by atoms with van der Waals surface area (Å²) in [6, 6.07) is 4.66. The van der Waals surface area contributed by atoms with Gasteiger partial charge in [0.15, 0.2) is 5.69 Å². The zero-order valence-corrected chi connectivity index (χ0v) is 16.8. The van der Waals surface area contributed by atoms with Crippen molar-refractivity contribution in [3.63, 3.8) is 0 Å². The number of nitrogens with two attached hydrogens (primary N) is 1. The molecule has 0 radical (unpaired) electrons. The standard InChI is InChI=1S/C18H20F3N3O5S/c1-17(2,10-25)9-24-16(26)15-14(22)7-13(8-23-15)30(27,28)12-5-3-11(4-6-12)29-18(19,20)21/h3-8,25H,9-10,22H2,1-2H3,(H,24,26). The third kappa shape index (κ3) is 5.83. The van der Waals surface area contributed by atoms with Crippen molar-refractivity contribution in [2.24, 2.45) is 5.41 Å².